The van der Waals surface area contributed by atoms with Crippen molar-refractivity contribution in [1.82, 2.24) is 15.3 Å². The van der Waals surface area contributed by atoms with Crippen LogP contribution in [0.2, 0.25) is 0 Å². The number of rotatable bonds is 5. The molecule has 1 aromatic carbocycles. The summed E-state index contributed by atoms with van der Waals surface area (Å²) >= 11 is 0. The van der Waals surface area contributed by atoms with Gasteiger partial charge in [-0.05, 0) is 24.6 Å². The second-order valence-electron chi connectivity index (χ2n) is 4.05. The van der Waals surface area contributed by atoms with E-state index < -0.39 is 0 Å². The predicted molar refractivity (Wildman–Crippen MR) is 74.4 cm³/mol. The number of aromatic nitrogens is 2. The first-order valence-corrected chi connectivity index (χ1v) is 6.21. The molecule has 0 saturated carbocycles. The molecule has 2 rings (SSSR count). The highest BCUT2D eigenvalue weighted by molar-refractivity contribution is 5.95. The number of nitrogens with zero attached hydrogens (tertiary/aromatic N) is 2. The summed E-state index contributed by atoms with van der Waals surface area (Å²) in [5, 5.41) is 5.95. The lowest BCUT2D eigenvalue weighted by Gasteiger charge is -2.07. The van der Waals surface area contributed by atoms with Gasteiger partial charge in [0.05, 0.1) is 6.20 Å². The van der Waals surface area contributed by atoms with E-state index in [2.05, 4.69) is 20.6 Å². The van der Waals surface area contributed by atoms with Crippen molar-refractivity contribution in [2.45, 2.75) is 13.3 Å². The molecule has 0 aliphatic rings. The Balaban J connectivity index is 2.09. The predicted octanol–water partition coefficient (Wildman–Crippen LogP) is 2.36. The zero-order valence-corrected chi connectivity index (χ0v) is 10.8. The number of hydrogen-bond acceptors (Lipinski definition) is 4. The molecule has 0 radical (unpaired) electrons. The van der Waals surface area contributed by atoms with Gasteiger partial charge in [0.15, 0.2) is 0 Å². The molecule has 0 saturated heterocycles. The number of hydrogen-bond donors (Lipinski definition) is 2. The molecule has 2 N–H and O–H groups in total. The van der Waals surface area contributed by atoms with Gasteiger partial charge < -0.3 is 10.6 Å². The lowest BCUT2D eigenvalue weighted by atomic mass is 10.2. The summed E-state index contributed by atoms with van der Waals surface area (Å²) in [5.74, 6) is 0.582. The van der Waals surface area contributed by atoms with Crippen LogP contribution in [0, 0.1) is 0 Å². The van der Waals surface area contributed by atoms with Crippen molar-refractivity contribution in [3.63, 3.8) is 0 Å². The lowest BCUT2D eigenvalue weighted by molar-refractivity contribution is 0.0953. The Hall–Kier alpha value is -2.43. The minimum atomic E-state index is -0.0651. The quantitative estimate of drug-likeness (QED) is 0.861. The van der Waals surface area contributed by atoms with Crippen molar-refractivity contribution >= 4 is 17.4 Å². The Morgan fingerprint density at radius 3 is 2.95 bits per heavy atom. The maximum Gasteiger partial charge on any atom is 0.251 e. The van der Waals surface area contributed by atoms with E-state index in [-0.39, 0.29) is 5.91 Å². The van der Waals surface area contributed by atoms with E-state index in [0.717, 1.165) is 12.1 Å². The van der Waals surface area contributed by atoms with Gasteiger partial charge >= 0.3 is 0 Å². The van der Waals surface area contributed by atoms with Crippen LogP contribution >= 0.6 is 0 Å². The third-order valence-corrected chi connectivity index (χ3v) is 2.50. The van der Waals surface area contributed by atoms with E-state index >= 15 is 0 Å². The van der Waals surface area contributed by atoms with Crippen LogP contribution in [0.25, 0.3) is 0 Å². The summed E-state index contributed by atoms with van der Waals surface area (Å²) < 4.78 is 0. The Morgan fingerprint density at radius 1 is 1.32 bits per heavy atom. The van der Waals surface area contributed by atoms with E-state index in [4.69, 9.17) is 0 Å². The average Bonchev–Trinajstić information content (AvgIpc) is 2.46. The maximum atomic E-state index is 11.8. The number of carbonyl (C=O) groups excluding carboxylic acids is 1. The van der Waals surface area contributed by atoms with Crippen LogP contribution in [0.4, 0.5) is 11.5 Å². The largest absolute Gasteiger partial charge is 0.352 e. The topological polar surface area (TPSA) is 66.9 Å². The standard InChI is InChI=1S/C14H16N4O/c1-2-6-17-14(19)11-4-3-5-12(9-11)18-13-10-15-7-8-16-13/h3-5,7-10H,2,6H2,1H3,(H,16,18)(H,17,19). The third-order valence-electron chi connectivity index (χ3n) is 2.50. The van der Waals surface area contributed by atoms with Crippen molar-refractivity contribution in [3.05, 3.63) is 48.4 Å². The van der Waals surface area contributed by atoms with Crippen molar-refractivity contribution in [2.75, 3.05) is 11.9 Å². The summed E-state index contributed by atoms with van der Waals surface area (Å²) in [7, 11) is 0. The van der Waals surface area contributed by atoms with Gasteiger partial charge in [-0.25, -0.2) is 4.98 Å². The average molecular weight is 256 g/mol. The first-order valence-electron chi connectivity index (χ1n) is 6.21. The second kappa shape index (κ2) is 6.49. The molecule has 5 nitrogen and oxygen atoms in total. The van der Waals surface area contributed by atoms with E-state index in [9.17, 15) is 4.79 Å². The van der Waals surface area contributed by atoms with Gasteiger partial charge in [-0.3, -0.25) is 9.78 Å². The summed E-state index contributed by atoms with van der Waals surface area (Å²) in [6.45, 7) is 2.70. The molecule has 0 unspecified atom stereocenters. The van der Waals surface area contributed by atoms with Crippen LogP contribution in [-0.2, 0) is 0 Å². The zero-order chi connectivity index (χ0) is 13.5. The maximum absolute atomic E-state index is 11.8. The molecule has 2 aromatic rings. The van der Waals surface area contributed by atoms with E-state index in [0.29, 0.717) is 17.9 Å². The first-order chi connectivity index (χ1) is 9.29. The number of amides is 1. The van der Waals surface area contributed by atoms with Crippen molar-refractivity contribution < 1.29 is 4.79 Å². The van der Waals surface area contributed by atoms with Gasteiger partial charge in [-0.2, -0.15) is 0 Å². The van der Waals surface area contributed by atoms with Crippen LogP contribution in [0.5, 0.6) is 0 Å². The molecule has 1 heterocycles. The highest BCUT2D eigenvalue weighted by atomic mass is 16.1. The van der Waals surface area contributed by atoms with Crippen molar-refractivity contribution in [2.24, 2.45) is 0 Å². The molecule has 0 bridgehead atoms. The molecule has 0 fully saturated rings. The van der Waals surface area contributed by atoms with Gasteiger partial charge in [0.2, 0.25) is 0 Å². The van der Waals surface area contributed by atoms with Gasteiger partial charge in [0.25, 0.3) is 5.91 Å². The smallest absolute Gasteiger partial charge is 0.251 e. The van der Waals surface area contributed by atoms with Crippen LogP contribution in [0.15, 0.2) is 42.9 Å². The number of carbonyl (C=O) groups is 1. The highest BCUT2D eigenvalue weighted by Gasteiger charge is 2.05. The van der Waals surface area contributed by atoms with E-state index in [1.54, 1.807) is 30.7 Å². The minimum absolute atomic E-state index is 0.0651. The fourth-order valence-electron chi connectivity index (χ4n) is 1.59. The summed E-state index contributed by atoms with van der Waals surface area (Å²) in [5.41, 5.74) is 1.44. The summed E-state index contributed by atoms with van der Waals surface area (Å²) in [4.78, 5) is 19.9. The molecule has 1 aromatic heterocycles. The monoisotopic (exact) mass is 256 g/mol. The minimum Gasteiger partial charge on any atom is -0.352 e. The highest BCUT2D eigenvalue weighted by Crippen LogP contribution is 2.15. The third kappa shape index (κ3) is 3.77. The molecule has 1 amide bonds. The lowest BCUT2D eigenvalue weighted by Crippen LogP contribution is -2.23. The molecular weight excluding hydrogens is 240 g/mol. The molecular formula is C14H16N4O. The Kier molecular flexibility index (Phi) is 4.44. The van der Waals surface area contributed by atoms with Gasteiger partial charge in [0, 0.05) is 30.2 Å². The summed E-state index contributed by atoms with van der Waals surface area (Å²) in [6.07, 6.45) is 5.77. The Bertz CT molecular complexity index is 542. The summed E-state index contributed by atoms with van der Waals surface area (Å²) in [6, 6.07) is 7.29. The second-order valence-corrected chi connectivity index (χ2v) is 4.05. The van der Waals surface area contributed by atoms with Gasteiger partial charge in [0.1, 0.15) is 5.82 Å². The van der Waals surface area contributed by atoms with Crippen LogP contribution in [0.3, 0.4) is 0 Å². The van der Waals surface area contributed by atoms with E-state index in [1.807, 2.05) is 19.1 Å². The van der Waals surface area contributed by atoms with Crippen molar-refractivity contribution in [1.29, 1.82) is 0 Å². The molecule has 0 atom stereocenters. The van der Waals surface area contributed by atoms with Crippen LogP contribution in [0.1, 0.15) is 23.7 Å². The fraction of sp³-hybridized carbons (Fsp3) is 0.214. The Morgan fingerprint density at radius 2 is 2.21 bits per heavy atom. The van der Waals surface area contributed by atoms with Gasteiger partial charge in [-0.1, -0.05) is 13.0 Å². The van der Waals surface area contributed by atoms with E-state index in [1.165, 1.54) is 0 Å². The molecule has 19 heavy (non-hydrogen) atoms. The molecule has 0 aliphatic heterocycles. The van der Waals surface area contributed by atoms with Gasteiger partial charge in [-0.15, -0.1) is 0 Å². The van der Waals surface area contributed by atoms with Crippen LogP contribution < -0.4 is 10.6 Å². The molecule has 5 heteroatoms. The SMILES string of the molecule is CCCNC(=O)c1cccc(Nc2cnccn2)c1. The molecule has 98 valence electrons. The van der Waals surface area contributed by atoms with Crippen molar-refractivity contribution in [3.8, 4) is 0 Å². The van der Waals surface area contributed by atoms with Crippen LogP contribution in [-0.4, -0.2) is 22.4 Å². The number of benzene rings is 1. The normalized spacial score (nSPS) is 9.95. The molecule has 0 spiro atoms. The number of nitrogens with one attached hydrogen (secondary N) is 2. The zero-order valence-electron chi connectivity index (χ0n) is 10.8. The first kappa shape index (κ1) is 13.0. The molecule has 0 aliphatic carbocycles. The number of anilines is 2. The Labute approximate surface area is 112 Å². The fourth-order valence-corrected chi connectivity index (χ4v) is 1.59.